The van der Waals surface area contributed by atoms with Gasteiger partial charge in [0.1, 0.15) is 0 Å². The summed E-state index contributed by atoms with van der Waals surface area (Å²) < 4.78 is 5.21. The van der Waals surface area contributed by atoms with Crippen LogP contribution >= 0.6 is 34.8 Å². The summed E-state index contributed by atoms with van der Waals surface area (Å²) in [5.41, 5.74) is 2.00. The van der Waals surface area contributed by atoms with Gasteiger partial charge in [0.15, 0.2) is 0 Å². The Morgan fingerprint density at radius 3 is 2.37 bits per heavy atom. The number of methoxy groups -OCH3 is 1. The summed E-state index contributed by atoms with van der Waals surface area (Å²) in [4.78, 5) is 4.11. The summed E-state index contributed by atoms with van der Waals surface area (Å²) >= 11 is 18.0. The number of pyridine rings is 1. The summed E-state index contributed by atoms with van der Waals surface area (Å²) in [6.07, 6.45) is 1.56. The molecule has 0 atom stereocenters. The van der Waals surface area contributed by atoms with Crippen molar-refractivity contribution in [1.82, 2.24) is 4.98 Å². The number of aliphatic hydroxyl groups excluding tert-OH is 1. The maximum atomic E-state index is 9.42. The number of benzene rings is 1. The number of rotatable bonds is 3. The molecule has 1 N–H and O–H groups in total. The fourth-order valence-electron chi connectivity index (χ4n) is 1.78. The van der Waals surface area contributed by atoms with E-state index in [-0.39, 0.29) is 6.61 Å². The molecular formula is C13H10Cl3NO2. The zero-order valence-corrected chi connectivity index (χ0v) is 12.2. The van der Waals surface area contributed by atoms with E-state index < -0.39 is 0 Å². The number of hydrogen-bond acceptors (Lipinski definition) is 3. The highest BCUT2D eigenvalue weighted by atomic mass is 35.5. The normalized spacial score (nSPS) is 10.6. The summed E-state index contributed by atoms with van der Waals surface area (Å²) in [6.45, 7) is -0.147. The molecule has 1 aromatic heterocycles. The molecule has 6 heteroatoms. The summed E-state index contributed by atoms with van der Waals surface area (Å²) in [6, 6.07) is 5.02. The molecule has 0 aliphatic heterocycles. The molecule has 0 unspecified atom stereocenters. The van der Waals surface area contributed by atoms with Crippen molar-refractivity contribution in [2.24, 2.45) is 0 Å². The van der Waals surface area contributed by atoms with Gasteiger partial charge in [-0.25, -0.2) is 4.98 Å². The summed E-state index contributed by atoms with van der Waals surface area (Å²) in [5.74, 6) is 0.390. The lowest BCUT2D eigenvalue weighted by atomic mass is 10.0. The molecule has 0 radical (unpaired) electrons. The maximum Gasteiger partial charge on any atom is 0.221 e. The highest BCUT2D eigenvalue weighted by molar-refractivity contribution is 6.48. The van der Waals surface area contributed by atoms with E-state index in [1.165, 1.54) is 7.11 Å². The molecule has 1 heterocycles. The number of halogens is 3. The van der Waals surface area contributed by atoms with Crippen molar-refractivity contribution in [2.45, 2.75) is 6.61 Å². The van der Waals surface area contributed by atoms with Gasteiger partial charge < -0.3 is 9.84 Å². The van der Waals surface area contributed by atoms with E-state index in [2.05, 4.69) is 4.98 Å². The molecule has 2 rings (SSSR count). The fraction of sp³-hybridized carbons (Fsp3) is 0.154. The van der Waals surface area contributed by atoms with Crippen LogP contribution in [0.4, 0.5) is 0 Å². The van der Waals surface area contributed by atoms with Crippen LogP contribution in [0.15, 0.2) is 24.4 Å². The first-order chi connectivity index (χ1) is 9.08. The van der Waals surface area contributed by atoms with Crippen molar-refractivity contribution in [3.05, 3.63) is 45.0 Å². The van der Waals surface area contributed by atoms with Gasteiger partial charge in [-0.05, 0) is 29.3 Å². The lowest BCUT2D eigenvalue weighted by Crippen LogP contribution is -1.97. The average molecular weight is 319 g/mol. The predicted octanol–water partition coefficient (Wildman–Crippen LogP) is 4.21. The van der Waals surface area contributed by atoms with Gasteiger partial charge in [0.05, 0.1) is 28.8 Å². The minimum atomic E-state index is -0.147. The Bertz CT molecular complexity index is 572. The highest BCUT2D eigenvalue weighted by Crippen LogP contribution is 2.39. The first-order valence-electron chi connectivity index (χ1n) is 5.36. The maximum absolute atomic E-state index is 9.42. The van der Waals surface area contributed by atoms with Crippen molar-refractivity contribution < 1.29 is 9.84 Å². The molecule has 0 amide bonds. The highest BCUT2D eigenvalue weighted by Gasteiger charge is 2.15. The lowest BCUT2D eigenvalue weighted by Gasteiger charge is -2.13. The smallest absolute Gasteiger partial charge is 0.221 e. The lowest BCUT2D eigenvalue weighted by molar-refractivity contribution is 0.281. The SMILES string of the molecule is COc1nccc(CO)c1-c1cc(Cl)c(Cl)c(Cl)c1. The zero-order valence-electron chi connectivity index (χ0n) is 9.95. The Hall–Kier alpha value is -1.000. The molecule has 1 aromatic carbocycles. The minimum absolute atomic E-state index is 0.147. The van der Waals surface area contributed by atoms with E-state index >= 15 is 0 Å². The molecule has 0 aliphatic carbocycles. The molecule has 0 bridgehead atoms. The molecule has 0 fully saturated rings. The second-order valence-corrected chi connectivity index (χ2v) is 4.96. The standard InChI is InChI=1S/C13H10Cl3NO2/c1-19-13-11(7(6-18)2-3-17-13)8-4-9(14)12(16)10(15)5-8/h2-5,18H,6H2,1H3. The van der Waals surface area contributed by atoms with Crippen LogP contribution in [0.1, 0.15) is 5.56 Å². The third-order valence-electron chi connectivity index (χ3n) is 2.64. The third kappa shape index (κ3) is 2.79. The van der Waals surface area contributed by atoms with Gasteiger partial charge in [-0.1, -0.05) is 34.8 Å². The largest absolute Gasteiger partial charge is 0.481 e. The first-order valence-corrected chi connectivity index (χ1v) is 6.49. The Morgan fingerprint density at radius 1 is 1.21 bits per heavy atom. The number of aliphatic hydroxyl groups is 1. The van der Waals surface area contributed by atoms with Crippen molar-refractivity contribution in [2.75, 3.05) is 7.11 Å². The molecule has 0 saturated carbocycles. The molecule has 0 spiro atoms. The Kier molecular flexibility index (Phi) is 4.53. The topological polar surface area (TPSA) is 42.4 Å². The fourth-order valence-corrected chi connectivity index (χ4v) is 2.37. The van der Waals surface area contributed by atoms with Crippen molar-refractivity contribution in [3.63, 3.8) is 0 Å². The van der Waals surface area contributed by atoms with Gasteiger partial charge in [-0.15, -0.1) is 0 Å². The summed E-state index contributed by atoms with van der Waals surface area (Å²) in [5, 5.41) is 10.4. The van der Waals surface area contributed by atoms with E-state index in [1.807, 2.05) is 0 Å². The number of hydrogen-bond donors (Lipinski definition) is 1. The molecule has 100 valence electrons. The number of ether oxygens (including phenoxy) is 1. The Balaban J connectivity index is 2.70. The van der Waals surface area contributed by atoms with Crippen molar-refractivity contribution in [1.29, 1.82) is 0 Å². The van der Waals surface area contributed by atoms with Crippen LogP contribution in [-0.2, 0) is 6.61 Å². The monoisotopic (exact) mass is 317 g/mol. The van der Waals surface area contributed by atoms with Crippen LogP contribution in [0.3, 0.4) is 0 Å². The van der Waals surface area contributed by atoms with Gasteiger partial charge >= 0.3 is 0 Å². The van der Waals surface area contributed by atoms with E-state index in [1.54, 1.807) is 24.4 Å². The second kappa shape index (κ2) is 5.97. The van der Waals surface area contributed by atoms with Crippen LogP contribution in [0.5, 0.6) is 5.88 Å². The first kappa shape index (κ1) is 14.4. The second-order valence-electron chi connectivity index (χ2n) is 3.77. The van der Waals surface area contributed by atoms with Crippen molar-refractivity contribution >= 4 is 34.8 Å². The quantitative estimate of drug-likeness (QED) is 0.862. The van der Waals surface area contributed by atoms with E-state index in [9.17, 15) is 5.11 Å². The molecule has 0 aliphatic rings. The van der Waals surface area contributed by atoms with Gasteiger partial charge in [0, 0.05) is 11.8 Å². The molecule has 19 heavy (non-hydrogen) atoms. The van der Waals surface area contributed by atoms with Crippen LogP contribution in [-0.4, -0.2) is 17.2 Å². The van der Waals surface area contributed by atoms with Gasteiger partial charge in [0.2, 0.25) is 5.88 Å². The van der Waals surface area contributed by atoms with E-state index in [0.29, 0.717) is 37.6 Å². The van der Waals surface area contributed by atoms with E-state index in [4.69, 9.17) is 39.5 Å². The molecule has 2 aromatic rings. The summed E-state index contributed by atoms with van der Waals surface area (Å²) in [7, 11) is 1.51. The number of aromatic nitrogens is 1. The average Bonchev–Trinajstić information content (AvgIpc) is 2.43. The molecule has 0 saturated heterocycles. The molecule has 3 nitrogen and oxygen atoms in total. The van der Waals surface area contributed by atoms with Crippen LogP contribution in [0.25, 0.3) is 11.1 Å². The van der Waals surface area contributed by atoms with Gasteiger partial charge in [-0.2, -0.15) is 0 Å². The van der Waals surface area contributed by atoms with Crippen LogP contribution < -0.4 is 4.74 Å². The van der Waals surface area contributed by atoms with Crippen LogP contribution in [0, 0.1) is 0 Å². The van der Waals surface area contributed by atoms with E-state index in [0.717, 1.165) is 0 Å². The number of nitrogens with zero attached hydrogens (tertiary/aromatic N) is 1. The minimum Gasteiger partial charge on any atom is -0.481 e. The predicted molar refractivity (Wildman–Crippen MR) is 77.2 cm³/mol. The van der Waals surface area contributed by atoms with Crippen LogP contribution in [0.2, 0.25) is 15.1 Å². The zero-order chi connectivity index (χ0) is 14.0. The van der Waals surface area contributed by atoms with Gasteiger partial charge in [-0.3, -0.25) is 0 Å². The Labute approximate surface area is 125 Å². The van der Waals surface area contributed by atoms with Crippen molar-refractivity contribution in [3.8, 4) is 17.0 Å². The third-order valence-corrected chi connectivity index (χ3v) is 3.84. The van der Waals surface area contributed by atoms with Gasteiger partial charge in [0.25, 0.3) is 0 Å². The molecular weight excluding hydrogens is 309 g/mol. The Morgan fingerprint density at radius 2 is 1.84 bits per heavy atom.